The Bertz CT molecular complexity index is 1030. The van der Waals surface area contributed by atoms with E-state index in [0.717, 1.165) is 4.57 Å². The van der Waals surface area contributed by atoms with Crippen LogP contribution in [0.4, 0.5) is 0 Å². The normalized spacial score (nSPS) is 21.8. The highest BCUT2D eigenvalue weighted by Crippen LogP contribution is 2.61. The summed E-state index contributed by atoms with van der Waals surface area (Å²) in [6.45, 7) is -13.5. The lowest BCUT2D eigenvalue weighted by molar-refractivity contribution is 0.280. The minimum Gasteiger partial charge on any atom is -0.408 e. The molecule has 0 saturated carbocycles. The Morgan fingerprint density at radius 2 is 2.24 bits per heavy atom. The van der Waals surface area contributed by atoms with Crippen LogP contribution in [0.25, 0.3) is 11.1 Å². The number of oxazole rings is 1. The van der Waals surface area contributed by atoms with E-state index in [1.54, 1.807) is 0 Å². The Balaban J connectivity index is 2.43. The fourth-order valence-electron chi connectivity index (χ4n) is 1.47. The van der Waals surface area contributed by atoms with E-state index in [4.69, 9.17) is 50.6 Å². The van der Waals surface area contributed by atoms with Gasteiger partial charge in [-0.3, -0.25) is 4.57 Å². The first-order valence-electron chi connectivity index (χ1n) is 10.2. The molecule has 0 bridgehead atoms. The second-order valence-electron chi connectivity index (χ2n) is 3.50. The van der Waals surface area contributed by atoms with Crippen LogP contribution in [0, 0.1) is 0 Å². The van der Waals surface area contributed by atoms with Gasteiger partial charge in [-0.1, -0.05) is 11.6 Å². The molecule has 0 aliphatic heterocycles. The van der Waals surface area contributed by atoms with Crippen LogP contribution in [0.1, 0.15) is 27.4 Å². The lowest BCUT2D eigenvalue weighted by Gasteiger charge is -2.19. The molecule has 0 radical (unpaired) electrons. The lowest BCUT2D eigenvalue weighted by atomic mass is 10.3. The van der Waals surface area contributed by atoms with Crippen LogP contribution in [-0.2, 0) is 26.7 Å². The summed E-state index contributed by atoms with van der Waals surface area (Å²) >= 11 is 11.3. The molecule has 0 unspecified atom stereocenters. The Morgan fingerprint density at radius 1 is 1.52 bits per heavy atom. The fraction of sp³-hybridized carbons (Fsp3) is 0.417. The number of rotatable bonds is 7. The van der Waals surface area contributed by atoms with Crippen LogP contribution < -0.4 is 5.76 Å². The number of benzene rings is 1. The molecule has 0 saturated heterocycles. The van der Waals surface area contributed by atoms with Crippen molar-refractivity contribution < 1.29 is 27.2 Å². The molecule has 1 aromatic heterocycles. The van der Waals surface area contributed by atoms with Crippen LogP contribution in [0.5, 0.6) is 0 Å². The number of nitrogens with zero attached hydrogens (tertiary/aromatic N) is 1. The quantitative estimate of drug-likeness (QED) is 0.673. The molecule has 0 atom stereocenters. The molecular formula is C12H15ClNO4PS2. The van der Waals surface area contributed by atoms with E-state index in [9.17, 15) is 4.79 Å². The summed E-state index contributed by atoms with van der Waals surface area (Å²) in [5.41, 5.74) is -3.99. The molecule has 9 heteroatoms. The van der Waals surface area contributed by atoms with Crippen molar-refractivity contribution in [2.24, 2.45) is 0 Å². The average molecular weight is 378 g/mol. The standard InChI is InChI=1S/C12H15ClNO4PS2/c1-3-16-19(20,17-4-2)21-8-14-10-6-5-9(13)7-11(10)18-12(14)15/h5-7H,3-4,8H2,1-2H3/i1D3,2D3,3D2,4D2. The van der Waals surface area contributed by atoms with Crippen molar-refractivity contribution in [3.05, 3.63) is 33.8 Å². The van der Waals surface area contributed by atoms with E-state index in [2.05, 4.69) is 0 Å². The first-order chi connectivity index (χ1) is 13.8. The molecule has 0 amide bonds. The summed E-state index contributed by atoms with van der Waals surface area (Å²) in [6, 6.07) is 4.27. The maximum Gasteiger partial charge on any atom is 0.420 e. The van der Waals surface area contributed by atoms with E-state index in [1.807, 2.05) is 0 Å². The SMILES string of the molecule is [2H]C([2H])([2H])C([2H])([2H])OP(=S)(OC([2H])([2H])C([2H])([2H])[2H])SCn1c(=O)oc2cc(Cl)ccc21. The highest BCUT2D eigenvalue weighted by molar-refractivity contribution is 8.67. The van der Waals surface area contributed by atoms with Crippen LogP contribution in [0.3, 0.4) is 0 Å². The zero-order chi connectivity index (χ0) is 24.0. The first-order valence-corrected chi connectivity index (χ1v) is 9.84. The van der Waals surface area contributed by atoms with E-state index >= 15 is 0 Å². The van der Waals surface area contributed by atoms with Crippen LogP contribution in [-0.4, -0.2) is 17.7 Å². The van der Waals surface area contributed by atoms with E-state index < -0.39 is 44.1 Å². The second-order valence-corrected chi connectivity index (χ2v) is 10.1. The van der Waals surface area contributed by atoms with E-state index in [0.29, 0.717) is 11.4 Å². The van der Waals surface area contributed by atoms with Gasteiger partial charge in [0, 0.05) is 19.3 Å². The minimum absolute atomic E-state index is 0.115. The highest BCUT2D eigenvalue weighted by Gasteiger charge is 2.20. The third-order valence-corrected chi connectivity index (χ3v) is 6.98. The fourth-order valence-corrected chi connectivity index (χ4v) is 4.46. The molecule has 2 aromatic rings. The smallest absolute Gasteiger partial charge is 0.408 e. The van der Waals surface area contributed by atoms with Gasteiger partial charge in [-0.05, 0) is 49.0 Å². The molecule has 21 heavy (non-hydrogen) atoms. The maximum absolute atomic E-state index is 12.2. The first kappa shape index (κ1) is 7.99. The summed E-state index contributed by atoms with van der Waals surface area (Å²) in [7, 11) is 0. The molecule has 1 heterocycles. The average Bonchev–Trinajstić information content (AvgIpc) is 2.84. The monoisotopic (exact) mass is 377 g/mol. The second kappa shape index (κ2) is 7.31. The third-order valence-electron chi connectivity index (χ3n) is 2.29. The van der Waals surface area contributed by atoms with Gasteiger partial charge in [0.25, 0.3) is 0 Å². The van der Waals surface area contributed by atoms with Crippen molar-refractivity contribution in [2.45, 2.75) is 19.6 Å². The van der Waals surface area contributed by atoms with Gasteiger partial charge in [0.05, 0.1) is 30.0 Å². The molecule has 0 N–H and O–H groups in total. The van der Waals surface area contributed by atoms with E-state index in [1.165, 1.54) is 18.2 Å². The van der Waals surface area contributed by atoms with Gasteiger partial charge in [0.1, 0.15) is 0 Å². The minimum atomic E-state index is -4.35. The Hall–Kier alpha value is -0.300. The lowest BCUT2D eigenvalue weighted by Crippen LogP contribution is -2.12. The van der Waals surface area contributed by atoms with Crippen molar-refractivity contribution in [3.8, 4) is 0 Å². The summed E-state index contributed by atoms with van der Waals surface area (Å²) < 4.78 is 89.8. The number of hydrogen-bond donors (Lipinski definition) is 0. The summed E-state index contributed by atoms with van der Waals surface area (Å²) in [4.78, 5) is 12.2. The van der Waals surface area contributed by atoms with Crippen molar-refractivity contribution >= 4 is 51.6 Å². The van der Waals surface area contributed by atoms with Gasteiger partial charge in [0.2, 0.25) is 5.69 Å². The Morgan fingerprint density at radius 3 is 2.90 bits per heavy atom. The molecule has 2 rings (SSSR count). The predicted molar refractivity (Wildman–Crippen MR) is 90.6 cm³/mol. The number of halogens is 1. The van der Waals surface area contributed by atoms with Crippen molar-refractivity contribution in [1.82, 2.24) is 4.57 Å². The molecular weight excluding hydrogens is 353 g/mol. The predicted octanol–water partition coefficient (Wildman–Crippen LogP) is 4.24. The van der Waals surface area contributed by atoms with Crippen molar-refractivity contribution in [3.63, 3.8) is 0 Å². The largest absolute Gasteiger partial charge is 0.420 e. The van der Waals surface area contributed by atoms with E-state index in [-0.39, 0.29) is 16.1 Å². The Kier molecular flexibility index (Phi) is 2.78. The molecule has 1 aromatic carbocycles. The highest BCUT2D eigenvalue weighted by atomic mass is 35.5. The Labute approximate surface area is 150 Å². The summed E-state index contributed by atoms with van der Waals surface area (Å²) in [5.74, 6) is -1.32. The van der Waals surface area contributed by atoms with Gasteiger partial charge < -0.3 is 13.5 Å². The molecule has 0 aliphatic carbocycles. The van der Waals surface area contributed by atoms with Crippen molar-refractivity contribution in [1.29, 1.82) is 0 Å². The summed E-state index contributed by atoms with van der Waals surface area (Å²) in [5, 5.41) is 0.287. The van der Waals surface area contributed by atoms with Crippen LogP contribution in [0.2, 0.25) is 5.02 Å². The van der Waals surface area contributed by atoms with Gasteiger partial charge in [-0.25, -0.2) is 4.79 Å². The number of fused-ring (bicyclic) bond motifs is 1. The maximum atomic E-state index is 12.2. The molecule has 0 spiro atoms. The van der Waals surface area contributed by atoms with Gasteiger partial charge in [-0.15, -0.1) is 0 Å². The number of hydrogen-bond acceptors (Lipinski definition) is 6. The van der Waals surface area contributed by atoms with Crippen LogP contribution in [0.15, 0.2) is 27.4 Å². The molecule has 0 fully saturated rings. The molecule has 0 aliphatic rings. The zero-order valence-electron chi connectivity index (χ0n) is 20.2. The molecule has 116 valence electrons. The molecule has 5 nitrogen and oxygen atoms in total. The van der Waals surface area contributed by atoms with Crippen molar-refractivity contribution in [2.75, 3.05) is 13.1 Å². The summed E-state index contributed by atoms with van der Waals surface area (Å²) in [6.07, 6.45) is 0. The van der Waals surface area contributed by atoms with Gasteiger partial charge >= 0.3 is 5.76 Å². The third kappa shape index (κ3) is 4.12. The number of aromatic nitrogens is 1. The van der Waals surface area contributed by atoms with Gasteiger partial charge in [-0.2, -0.15) is 0 Å². The van der Waals surface area contributed by atoms with Gasteiger partial charge in [0.15, 0.2) is 5.58 Å². The zero-order valence-corrected chi connectivity index (χ0v) is 13.4. The topological polar surface area (TPSA) is 53.6 Å². The van der Waals surface area contributed by atoms with Crippen LogP contribution >= 0.6 is 28.7 Å².